The summed E-state index contributed by atoms with van der Waals surface area (Å²) in [6, 6.07) is 0. The molecule has 1 saturated heterocycles. The first-order valence-corrected chi connectivity index (χ1v) is 4.95. The first-order chi connectivity index (χ1) is 6.33. The van der Waals surface area contributed by atoms with E-state index < -0.39 is 0 Å². The van der Waals surface area contributed by atoms with E-state index in [1.165, 1.54) is 12.8 Å². The smallest absolute Gasteiger partial charge is 0.234 e. The van der Waals surface area contributed by atoms with Gasteiger partial charge in [0.15, 0.2) is 0 Å². The lowest BCUT2D eigenvalue weighted by atomic mass is 10.4. The van der Waals surface area contributed by atoms with Crippen LogP contribution in [-0.4, -0.2) is 43.6 Å². The molecule has 1 heterocycles. The van der Waals surface area contributed by atoms with Crippen LogP contribution in [0.4, 0.5) is 0 Å². The number of thiol groups is 1. The Hall–Kier alpha value is -0.260. The Kier molecular flexibility index (Phi) is 5.19. The molecule has 0 atom stereocenters. The number of hydrogen-bond acceptors (Lipinski definition) is 4. The van der Waals surface area contributed by atoms with Crippen LogP contribution >= 0.6 is 12.9 Å². The van der Waals surface area contributed by atoms with Gasteiger partial charge in [-0.25, -0.2) is 0 Å². The van der Waals surface area contributed by atoms with E-state index in [-0.39, 0.29) is 5.91 Å². The first-order valence-electron chi connectivity index (χ1n) is 4.58. The maximum absolute atomic E-state index is 11.2. The summed E-state index contributed by atoms with van der Waals surface area (Å²) in [4.78, 5) is 13.4. The van der Waals surface area contributed by atoms with Crippen LogP contribution in [0.5, 0.6) is 0 Å². The van der Waals surface area contributed by atoms with Crippen LogP contribution in [-0.2, 0) is 8.98 Å². The molecule has 0 radical (unpaired) electrons. The number of likely N-dealkylation sites (tertiary alicyclic amines) is 1. The zero-order chi connectivity index (χ0) is 9.52. The largest absolute Gasteiger partial charge is 0.353 e. The Morgan fingerprint density at radius 2 is 2.15 bits per heavy atom. The van der Waals surface area contributed by atoms with Crippen molar-refractivity contribution >= 4 is 18.8 Å². The Morgan fingerprint density at radius 3 is 2.77 bits per heavy atom. The third-order valence-electron chi connectivity index (χ3n) is 2.08. The van der Waals surface area contributed by atoms with Crippen LogP contribution in [0, 0.1) is 0 Å². The third kappa shape index (κ3) is 4.50. The summed E-state index contributed by atoms with van der Waals surface area (Å²) in [5.41, 5.74) is 0. The highest BCUT2D eigenvalue weighted by Gasteiger charge is 2.14. The molecule has 0 aromatic carbocycles. The summed E-state index contributed by atoms with van der Waals surface area (Å²) >= 11 is 3.58. The van der Waals surface area contributed by atoms with Crippen LogP contribution in [0.15, 0.2) is 0 Å². The van der Waals surface area contributed by atoms with Crippen molar-refractivity contribution in [3.05, 3.63) is 0 Å². The fourth-order valence-electron chi connectivity index (χ4n) is 1.44. The molecule has 0 saturated carbocycles. The second-order valence-corrected chi connectivity index (χ2v) is 3.42. The summed E-state index contributed by atoms with van der Waals surface area (Å²) in [5, 5.41) is 2.76. The molecule has 0 aliphatic carbocycles. The fraction of sp³-hybridized carbons (Fsp3) is 0.875. The number of nitrogens with zero attached hydrogens (tertiary/aromatic N) is 1. The van der Waals surface area contributed by atoms with Crippen molar-refractivity contribution in [3.8, 4) is 0 Å². The number of amides is 1. The van der Waals surface area contributed by atoms with Crippen LogP contribution in [0.1, 0.15) is 12.8 Å². The molecule has 0 aromatic heterocycles. The highest BCUT2D eigenvalue weighted by Crippen LogP contribution is 2.05. The maximum Gasteiger partial charge on any atom is 0.234 e. The monoisotopic (exact) mass is 204 g/mol. The van der Waals surface area contributed by atoms with Crippen molar-refractivity contribution in [2.45, 2.75) is 12.8 Å². The van der Waals surface area contributed by atoms with Gasteiger partial charge in [0, 0.05) is 6.54 Å². The van der Waals surface area contributed by atoms with Gasteiger partial charge in [0.05, 0.1) is 13.2 Å². The topological polar surface area (TPSA) is 41.6 Å². The molecule has 1 N–H and O–H groups in total. The maximum atomic E-state index is 11.2. The van der Waals surface area contributed by atoms with Gasteiger partial charge in [-0.1, -0.05) is 0 Å². The van der Waals surface area contributed by atoms with Gasteiger partial charge in [-0.2, -0.15) is 0 Å². The van der Waals surface area contributed by atoms with E-state index in [1.807, 2.05) is 0 Å². The van der Waals surface area contributed by atoms with Gasteiger partial charge in [0.25, 0.3) is 0 Å². The predicted octanol–water partition coefficient (Wildman–Crippen LogP) is 0.0598. The molecule has 1 rings (SSSR count). The molecule has 0 spiro atoms. The molecule has 0 aromatic rings. The molecule has 1 amide bonds. The summed E-state index contributed by atoms with van der Waals surface area (Å²) in [6.07, 6.45) is 2.43. The Labute approximate surface area is 84.2 Å². The highest BCUT2D eigenvalue weighted by molar-refractivity contribution is 7.75. The standard InChI is InChI=1S/C8H16N2O2S/c11-8(9-3-6-12-13)7-10-4-1-2-5-10/h13H,1-7H2,(H,9,11). The fourth-order valence-corrected chi connectivity index (χ4v) is 1.53. The van der Waals surface area contributed by atoms with Crippen molar-refractivity contribution in [3.63, 3.8) is 0 Å². The van der Waals surface area contributed by atoms with Crippen molar-refractivity contribution in [2.75, 3.05) is 32.8 Å². The number of carbonyl (C=O) groups excluding carboxylic acids is 1. The van der Waals surface area contributed by atoms with Gasteiger partial charge < -0.3 is 9.50 Å². The molecule has 5 heteroatoms. The van der Waals surface area contributed by atoms with E-state index in [0.29, 0.717) is 19.7 Å². The Morgan fingerprint density at radius 1 is 1.46 bits per heavy atom. The van der Waals surface area contributed by atoms with E-state index in [0.717, 1.165) is 13.1 Å². The molecule has 76 valence electrons. The molecule has 1 aliphatic rings. The van der Waals surface area contributed by atoms with Crippen LogP contribution in [0.2, 0.25) is 0 Å². The summed E-state index contributed by atoms with van der Waals surface area (Å²) in [5.74, 6) is 0.0762. The minimum Gasteiger partial charge on any atom is -0.353 e. The number of carbonyl (C=O) groups is 1. The molecule has 0 bridgehead atoms. The van der Waals surface area contributed by atoms with Crippen LogP contribution in [0.3, 0.4) is 0 Å². The van der Waals surface area contributed by atoms with Crippen molar-refractivity contribution < 1.29 is 8.98 Å². The minimum atomic E-state index is 0.0762. The second kappa shape index (κ2) is 6.23. The van der Waals surface area contributed by atoms with E-state index in [1.54, 1.807) is 0 Å². The average Bonchev–Trinajstić information content (AvgIpc) is 2.57. The zero-order valence-electron chi connectivity index (χ0n) is 7.66. The minimum absolute atomic E-state index is 0.0762. The quantitative estimate of drug-likeness (QED) is 0.378. The first kappa shape index (κ1) is 10.8. The van der Waals surface area contributed by atoms with Gasteiger partial charge in [-0.05, 0) is 38.8 Å². The molecule has 0 unspecified atom stereocenters. The molecule has 4 nitrogen and oxygen atoms in total. The second-order valence-electron chi connectivity index (χ2n) is 3.17. The van der Waals surface area contributed by atoms with E-state index in [9.17, 15) is 4.79 Å². The summed E-state index contributed by atoms with van der Waals surface area (Å²) < 4.78 is 4.53. The van der Waals surface area contributed by atoms with Crippen molar-refractivity contribution in [1.82, 2.24) is 10.2 Å². The lowest BCUT2D eigenvalue weighted by Crippen LogP contribution is -2.36. The van der Waals surface area contributed by atoms with Crippen molar-refractivity contribution in [2.24, 2.45) is 0 Å². The normalized spacial score (nSPS) is 17.6. The van der Waals surface area contributed by atoms with Gasteiger partial charge >= 0.3 is 0 Å². The summed E-state index contributed by atoms with van der Waals surface area (Å²) in [6.45, 7) is 3.62. The summed E-state index contributed by atoms with van der Waals surface area (Å²) in [7, 11) is 0. The molecular weight excluding hydrogens is 188 g/mol. The Bertz CT molecular complexity index is 160. The van der Waals surface area contributed by atoms with Crippen LogP contribution in [0.25, 0.3) is 0 Å². The lowest BCUT2D eigenvalue weighted by molar-refractivity contribution is -0.122. The zero-order valence-corrected chi connectivity index (χ0v) is 8.56. The lowest BCUT2D eigenvalue weighted by Gasteiger charge is -2.13. The van der Waals surface area contributed by atoms with Gasteiger partial charge in [-0.3, -0.25) is 9.69 Å². The van der Waals surface area contributed by atoms with Crippen molar-refractivity contribution in [1.29, 1.82) is 0 Å². The number of rotatable bonds is 5. The molecule has 1 fully saturated rings. The predicted molar refractivity (Wildman–Crippen MR) is 53.6 cm³/mol. The average molecular weight is 204 g/mol. The number of hydrogen-bond donors (Lipinski definition) is 2. The van der Waals surface area contributed by atoms with Gasteiger partial charge in [-0.15, -0.1) is 0 Å². The van der Waals surface area contributed by atoms with Gasteiger partial charge in [0.1, 0.15) is 0 Å². The van der Waals surface area contributed by atoms with Gasteiger partial charge in [0.2, 0.25) is 5.91 Å². The van der Waals surface area contributed by atoms with E-state index in [2.05, 4.69) is 27.3 Å². The SMILES string of the molecule is O=C(CN1CCCC1)NCCOS. The molecule has 13 heavy (non-hydrogen) atoms. The third-order valence-corrected chi connectivity index (χ3v) is 2.26. The molecular formula is C8H16N2O2S. The van der Waals surface area contributed by atoms with E-state index >= 15 is 0 Å². The molecule has 1 aliphatic heterocycles. The highest BCUT2D eigenvalue weighted by atomic mass is 32.1. The van der Waals surface area contributed by atoms with E-state index in [4.69, 9.17) is 0 Å². The Balaban J connectivity index is 2.02. The van der Waals surface area contributed by atoms with Crippen LogP contribution < -0.4 is 5.32 Å². The number of nitrogens with one attached hydrogen (secondary N) is 1.